The number of aryl methyl sites for hydroxylation is 1. The maximum absolute atomic E-state index is 13.2. The minimum atomic E-state index is -4.61. The molecule has 2 aromatic carbocycles. The van der Waals surface area contributed by atoms with Crippen molar-refractivity contribution in [3.05, 3.63) is 69.6 Å². The summed E-state index contributed by atoms with van der Waals surface area (Å²) < 4.78 is 57.7. The van der Waals surface area contributed by atoms with Crippen LogP contribution in [-0.2, 0) is 18.5 Å². The van der Waals surface area contributed by atoms with Crippen LogP contribution < -0.4 is 10.4 Å². The Morgan fingerprint density at radius 1 is 1.21 bits per heavy atom. The number of ether oxygens (including phenoxy) is 1. The molecule has 1 saturated carbocycles. The molecule has 0 bridgehead atoms. The molecule has 12 heteroatoms. The second kappa shape index (κ2) is 9.27. The van der Waals surface area contributed by atoms with Gasteiger partial charge < -0.3 is 9.57 Å². The molecule has 34 heavy (non-hydrogen) atoms. The molecule has 1 aliphatic rings. The topological polar surface area (TPSA) is 83.5 Å². The molecule has 3 aromatic rings. The molecule has 1 aromatic heterocycles. The second-order valence-electron chi connectivity index (χ2n) is 7.86. The summed E-state index contributed by atoms with van der Waals surface area (Å²) in [5, 5.41) is 11.7. The Hall–Kier alpha value is -3.70. The molecule has 0 aliphatic heterocycles. The molecular weight excluding hydrogens is 458 g/mol. The average molecular weight is 479 g/mol. The fourth-order valence-corrected chi connectivity index (χ4v) is 3.42. The maximum atomic E-state index is 13.2. The third kappa shape index (κ3) is 4.95. The number of hydrogen-bond donors (Lipinski definition) is 0. The Morgan fingerprint density at radius 3 is 2.59 bits per heavy atom. The monoisotopic (exact) mass is 479 g/mol. The molecule has 1 fully saturated rings. The standard InChI is InChI=1S/C22H21F4N5O3/c1-13(15-5-3-6-16(11-15)34-22(25,26)20(23)24)27-33-12-18-17(14-9-10-14)7-4-8-19(18)31-21(32)30(2)28-29-31/h3-8,11,14,20H,9-10,12H2,1-2H3. The first kappa shape index (κ1) is 23.5. The molecule has 0 saturated heterocycles. The molecule has 0 unspecified atom stereocenters. The fraction of sp³-hybridized carbons (Fsp3) is 0.364. The van der Waals surface area contributed by atoms with Crippen LogP contribution >= 0.6 is 0 Å². The van der Waals surface area contributed by atoms with Crippen molar-refractivity contribution in [2.75, 3.05) is 0 Å². The minimum Gasteiger partial charge on any atom is -0.428 e. The Bertz CT molecular complexity index is 1270. The quantitative estimate of drug-likeness (QED) is 0.263. The lowest BCUT2D eigenvalue weighted by Gasteiger charge is -2.17. The van der Waals surface area contributed by atoms with Crippen molar-refractivity contribution in [1.29, 1.82) is 0 Å². The van der Waals surface area contributed by atoms with Crippen LogP contribution in [0.2, 0.25) is 0 Å². The highest BCUT2D eigenvalue weighted by Gasteiger charge is 2.44. The molecule has 0 spiro atoms. The predicted octanol–water partition coefficient (Wildman–Crippen LogP) is 4.02. The van der Waals surface area contributed by atoms with E-state index in [0.29, 0.717) is 22.9 Å². The summed E-state index contributed by atoms with van der Waals surface area (Å²) in [6, 6.07) is 10.8. The van der Waals surface area contributed by atoms with Crippen molar-refractivity contribution in [2.24, 2.45) is 12.2 Å². The second-order valence-corrected chi connectivity index (χ2v) is 7.86. The maximum Gasteiger partial charge on any atom is 0.461 e. The number of oxime groups is 1. The summed E-state index contributed by atoms with van der Waals surface area (Å²) in [6.07, 6.45) is -6.53. The van der Waals surface area contributed by atoms with Gasteiger partial charge in [0.05, 0.1) is 11.4 Å². The summed E-state index contributed by atoms with van der Waals surface area (Å²) in [6.45, 7) is 1.59. The van der Waals surface area contributed by atoms with Gasteiger partial charge in [-0.3, -0.25) is 0 Å². The Balaban J connectivity index is 1.55. The molecule has 0 N–H and O–H groups in total. The van der Waals surface area contributed by atoms with E-state index in [2.05, 4.69) is 20.3 Å². The molecular formula is C22H21F4N5O3. The summed E-state index contributed by atoms with van der Waals surface area (Å²) >= 11 is 0. The number of halogens is 4. The number of nitrogens with zero attached hydrogens (tertiary/aromatic N) is 5. The normalized spacial score (nSPS) is 14.5. The molecule has 0 atom stereocenters. The number of aromatic nitrogens is 4. The van der Waals surface area contributed by atoms with E-state index in [4.69, 9.17) is 4.84 Å². The molecule has 8 nitrogen and oxygen atoms in total. The van der Waals surface area contributed by atoms with Gasteiger partial charge in [-0.15, -0.1) is 0 Å². The van der Waals surface area contributed by atoms with E-state index in [0.717, 1.165) is 34.7 Å². The van der Waals surface area contributed by atoms with Gasteiger partial charge in [-0.1, -0.05) is 29.4 Å². The van der Waals surface area contributed by atoms with Crippen molar-refractivity contribution in [3.8, 4) is 11.4 Å². The van der Waals surface area contributed by atoms with E-state index in [9.17, 15) is 22.4 Å². The van der Waals surface area contributed by atoms with Gasteiger partial charge in [0.15, 0.2) is 0 Å². The van der Waals surface area contributed by atoms with E-state index < -0.39 is 24.0 Å². The zero-order valence-corrected chi connectivity index (χ0v) is 18.3. The Morgan fingerprint density at radius 2 is 1.94 bits per heavy atom. The number of tetrazole rings is 1. The zero-order valence-electron chi connectivity index (χ0n) is 18.3. The van der Waals surface area contributed by atoms with Crippen molar-refractivity contribution >= 4 is 5.71 Å². The lowest BCUT2D eigenvalue weighted by molar-refractivity contribution is -0.253. The number of alkyl halides is 4. The van der Waals surface area contributed by atoms with Crippen molar-refractivity contribution in [1.82, 2.24) is 19.8 Å². The van der Waals surface area contributed by atoms with Crippen molar-refractivity contribution in [2.45, 2.75) is 44.8 Å². The summed E-state index contributed by atoms with van der Waals surface area (Å²) in [4.78, 5) is 17.9. The van der Waals surface area contributed by atoms with Crippen molar-refractivity contribution < 1.29 is 27.1 Å². The number of rotatable bonds is 9. The molecule has 1 aliphatic carbocycles. The highest BCUT2D eigenvalue weighted by atomic mass is 19.3. The first-order valence-corrected chi connectivity index (χ1v) is 10.4. The molecule has 0 radical (unpaired) electrons. The first-order valence-electron chi connectivity index (χ1n) is 10.4. The van der Waals surface area contributed by atoms with E-state index in [-0.39, 0.29) is 6.61 Å². The average Bonchev–Trinajstić information content (AvgIpc) is 3.59. The van der Waals surface area contributed by atoms with Crippen LogP contribution in [0, 0.1) is 0 Å². The van der Waals surface area contributed by atoms with Gasteiger partial charge in [0.1, 0.15) is 12.4 Å². The first-order chi connectivity index (χ1) is 16.2. The van der Waals surface area contributed by atoms with Gasteiger partial charge in [0, 0.05) is 18.2 Å². The van der Waals surface area contributed by atoms with Crippen LogP contribution in [-0.4, -0.2) is 38.0 Å². The third-order valence-electron chi connectivity index (χ3n) is 5.32. The van der Waals surface area contributed by atoms with Gasteiger partial charge in [-0.2, -0.15) is 26.9 Å². The molecule has 180 valence electrons. The van der Waals surface area contributed by atoms with Crippen LogP contribution in [0.3, 0.4) is 0 Å². The molecule has 4 rings (SSSR count). The van der Waals surface area contributed by atoms with Gasteiger partial charge in [0.25, 0.3) is 0 Å². The van der Waals surface area contributed by atoms with Crippen LogP contribution in [0.5, 0.6) is 5.75 Å². The Kier molecular flexibility index (Phi) is 6.40. The van der Waals surface area contributed by atoms with Gasteiger partial charge >= 0.3 is 18.2 Å². The zero-order chi connectivity index (χ0) is 24.5. The highest BCUT2D eigenvalue weighted by molar-refractivity contribution is 5.98. The van der Waals surface area contributed by atoms with Gasteiger partial charge in [-0.25, -0.2) is 4.79 Å². The molecule has 0 amide bonds. The van der Waals surface area contributed by atoms with Crippen LogP contribution in [0.25, 0.3) is 5.69 Å². The third-order valence-corrected chi connectivity index (χ3v) is 5.32. The van der Waals surface area contributed by atoms with Crippen LogP contribution in [0.1, 0.15) is 42.4 Å². The number of hydrogen-bond acceptors (Lipinski definition) is 6. The largest absolute Gasteiger partial charge is 0.461 e. The smallest absolute Gasteiger partial charge is 0.428 e. The minimum absolute atomic E-state index is 0.0159. The Labute approximate surface area is 191 Å². The van der Waals surface area contributed by atoms with Gasteiger partial charge in [0.2, 0.25) is 0 Å². The summed E-state index contributed by atoms with van der Waals surface area (Å²) in [5.74, 6) is -0.0814. The van der Waals surface area contributed by atoms with E-state index in [1.807, 2.05) is 12.1 Å². The molecule has 1 heterocycles. The summed E-state index contributed by atoms with van der Waals surface area (Å²) in [7, 11) is 1.50. The van der Waals surface area contributed by atoms with Crippen LogP contribution in [0.4, 0.5) is 17.6 Å². The fourth-order valence-electron chi connectivity index (χ4n) is 3.42. The van der Waals surface area contributed by atoms with Crippen molar-refractivity contribution in [3.63, 3.8) is 0 Å². The number of benzene rings is 2. The summed E-state index contributed by atoms with van der Waals surface area (Å²) in [5.41, 5.74) is 2.54. The van der Waals surface area contributed by atoms with Crippen LogP contribution in [0.15, 0.2) is 52.4 Å². The predicted molar refractivity (Wildman–Crippen MR) is 114 cm³/mol. The van der Waals surface area contributed by atoms with Gasteiger partial charge in [-0.05, 0) is 59.9 Å². The SMILES string of the molecule is CC(=NOCc1c(C2CC2)cccc1-n1nnn(C)c1=O)c1cccc(OC(F)(F)C(F)F)c1. The highest BCUT2D eigenvalue weighted by Crippen LogP contribution is 2.43. The van der Waals surface area contributed by atoms with E-state index in [1.54, 1.807) is 19.1 Å². The van der Waals surface area contributed by atoms with E-state index >= 15 is 0 Å². The lowest BCUT2D eigenvalue weighted by atomic mass is 10.0. The van der Waals surface area contributed by atoms with E-state index in [1.165, 1.54) is 23.9 Å². The lowest BCUT2D eigenvalue weighted by Crippen LogP contribution is -2.33.